The molecule has 1 fully saturated rings. The molecule has 4 rings (SSSR count). The number of rotatable bonds is 5. The predicted molar refractivity (Wildman–Crippen MR) is 95.5 cm³/mol. The molecule has 1 heterocycles. The Morgan fingerprint density at radius 2 is 1.88 bits per heavy atom. The van der Waals surface area contributed by atoms with Gasteiger partial charge in [0, 0.05) is 29.1 Å². The molecule has 6 heteroatoms. The number of H-pyrrole nitrogens is 1. The van der Waals surface area contributed by atoms with Gasteiger partial charge >= 0.3 is 0 Å². The monoisotopic (exact) mass is 358 g/mol. The molecule has 0 bridgehead atoms. The van der Waals surface area contributed by atoms with Crippen molar-refractivity contribution in [3.63, 3.8) is 0 Å². The molecule has 25 heavy (non-hydrogen) atoms. The first-order chi connectivity index (χ1) is 11.9. The third kappa shape index (κ3) is 2.96. The maximum Gasteiger partial charge on any atom is 0.240 e. The number of aromatic amines is 1. The van der Waals surface area contributed by atoms with Crippen molar-refractivity contribution in [1.29, 1.82) is 0 Å². The lowest BCUT2D eigenvalue weighted by molar-refractivity contribution is 0.567. The van der Waals surface area contributed by atoms with Gasteiger partial charge in [0.15, 0.2) is 0 Å². The molecule has 3 aromatic rings. The summed E-state index contributed by atoms with van der Waals surface area (Å²) < 4.78 is 41.4. The van der Waals surface area contributed by atoms with E-state index in [0.29, 0.717) is 6.54 Å². The normalized spacial score (nSPS) is 16.2. The van der Waals surface area contributed by atoms with E-state index in [0.717, 1.165) is 34.9 Å². The van der Waals surface area contributed by atoms with Crippen LogP contribution in [0.1, 0.15) is 24.0 Å². The average Bonchev–Trinajstić information content (AvgIpc) is 3.26. The van der Waals surface area contributed by atoms with Crippen LogP contribution in [-0.2, 0) is 15.4 Å². The van der Waals surface area contributed by atoms with Crippen LogP contribution in [0.4, 0.5) is 4.39 Å². The molecule has 0 radical (unpaired) electrons. The number of aryl methyl sites for hydroxylation is 1. The average molecular weight is 358 g/mol. The number of hydrogen-bond donors (Lipinski definition) is 2. The first-order valence-electron chi connectivity index (χ1n) is 8.23. The Morgan fingerprint density at radius 1 is 1.16 bits per heavy atom. The second-order valence-corrected chi connectivity index (χ2v) is 8.58. The largest absolute Gasteiger partial charge is 0.361 e. The van der Waals surface area contributed by atoms with E-state index in [1.807, 2.05) is 13.1 Å². The third-order valence-electron chi connectivity index (χ3n) is 5.00. The Bertz CT molecular complexity index is 1030. The number of benzene rings is 2. The summed E-state index contributed by atoms with van der Waals surface area (Å²) in [5.74, 6) is -0.288. The summed E-state index contributed by atoms with van der Waals surface area (Å²) in [6.45, 7) is 2.23. The van der Waals surface area contributed by atoms with Crippen LogP contribution < -0.4 is 4.72 Å². The smallest absolute Gasteiger partial charge is 0.240 e. The lowest BCUT2D eigenvalue weighted by Gasteiger charge is -2.16. The predicted octanol–water partition coefficient (Wildman–Crippen LogP) is 3.63. The van der Waals surface area contributed by atoms with Gasteiger partial charge in [0.25, 0.3) is 0 Å². The summed E-state index contributed by atoms with van der Waals surface area (Å²) in [5.41, 5.74) is 2.60. The van der Waals surface area contributed by atoms with Crippen LogP contribution in [0.15, 0.2) is 53.6 Å². The van der Waals surface area contributed by atoms with Crippen molar-refractivity contribution in [2.45, 2.75) is 30.1 Å². The second kappa shape index (κ2) is 5.68. The summed E-state index contributed by atoms with van der Waals surface area (Å²) in [6, 6.07) is 11.4. The van der Waals surface area contributed by atoms with Crippen molar-refractivity contribution < 1.29 is 12.8 Å². The molecule has 1 aliphatic carbocycles. The van der Waals surface area contributed by atoms with E-state index in [2.05, 4.69) is 9.71 Å². The highest BCUT2D eigenvalue weighted by Gasteiger charge is 2.46. The summed E-state index contributed by atoms with van der Waals surface area (Å²) >= 11 is 0. The number of sulfonamides is 1. The van der Waals surface area contributed by atoms with E-state index in [1.54, 1.807) is 30.3 Å². The molecule has 1 aromatic heterocycles. The summed E-state index contributed by atoms with van der Waals surface area (Å²) in [4.78, 5) is 3.42. The zero-order chi connectivity index (χ0) is 17.7. The van der Waals surface area contributed by atoms with E-state index in [9.17, 15) is 12.8 Å². The zero-order valence-corrected chi connectivity index (χ0v) is 14.7. The summed E-state index contributed by atoms with van der Waals surface area (Å²) in [6.07, 6.45) is 3.64. The van der Waals surface area contributed by atoms with Gasteiger partial charge in [0.05, 0.1) is 4.90 Å². The minimum atomic E-state index is -3.56. The van der Waals surface area contributed by atoms with Crippen LogP contribution in [0.5, 0.6) is 0 Å². The summed E-state index contributed by atoms with van der Waals surface area (Å²) in [5, 5.41) is 0.826. The van der Waals surface area contributed by atoms with Crippen molar-refractivity contribution >= 4 is 20.9 Å². The molecule has 0 unspecified atom stereocenters. The van der Waals surface area contributed by atoms with Gasteiger partial charge < -0.3 is 4.98 Å². The SMILES string of the molecule is Cc1ccc(S(=O)(=O)NCC2(c3c[nH]c4ccc(F)cc34)CC2)cc1. The maximum absolute atomic E-state index is 13.6. The van der Waals surface area contributed by atoms with Crippen LogP contribution in [-0.4, -0.2) is 19.9 Å². The third-order valence-corrected chi connectivity index (χ3v) is 6.42. The number of halogens is 1. The van der Waals surface area contributed by atoms with Crippen LogP contribution in [0.3, 0.4) is 0 Å². The Labute approximate surface area is 146 Å². The maximum atomic E-state index is 13.6. The minimum Gasteiger partial charge on any atom is -0.361 e. The van der Waals surface area contributed by atoms with Gasteiger partial charge in [-0.2, -0.15) is 0 Å². The van der Waals surface area contributed by atoms with Crippen LogP contribution in [0, 0.1) is 12.7 Å². The van der Waals surface area contributed by atoms with E-state index in [1.165, 1.54) is 12.1 Å². The van der Waals surface area contributed by atoms with E-state index < -0.39 is 10.0 Å². The summed E-state index contributed by atoms with van der Waals surface area (Å²) in [7, 11) is -3.56. The van der Waals surface area contributed by atoms with Crippen LogP contribution in [0.2, 0.25) is 0 Å². The Morgan fingerprint density at radius 3 is 2.56 bits per heavy atom. The molecule has 4 nitrogen and oxygen atoms in total. The molecule has 1 aliphatic rings. The fourth-order valence-electron chi connectivity index (χ4n) is 3.26. The van der Waals surface area contributed by atoms with Gasteiger partial charge in [-0.25, -0.2) is 17.5 Å². The zero-order valence-electron chi connectivity index (χ0n) is 13.8. The minimum absolute atomic E-state index is 0.260. The van der Waals surface area contributed by atoms with Gasteiger partial charge in [-0.05, 0) is 55.7 Å². The van der Waals surface area contributed by atoms with Crippen LogP contribution in [0.25, 0.3) is 10.9 Å². The molecule has 0 aliphatic heterocycles. The Kier molecular flexibility index (Phi) is 3.70. The second-order valence-electron chi connectivity index (χ2n) is 6.81. The fraction of sp³-hybridized carbons (Fsp3) is 0.263. The molecule has 130 valence electrons. The molecular weight excluding hydrogens is 339 g/mol. The number of hydrogen-bond acceptors (Lipinski definition) is 2. The molecule has 0 atom stereocenters. The topological polar surface area (TPSA) is 62.0 Å². The van der Waals surface area contributed by atoms with Gasteiger partial charge in [0.2, 0.25) is 10.0 Å². The first kappa shape index (κ1) is 16.3. The van der Waals surface area contributed by atoms with Crippen molar-refractivity contribution in [1.82, 2.24) is 9.71 Å². The van der Waals surface area contributed by atoms with Crippen molar-refractivity contribution in [3.8, 4) is 0 Å². The Hall–Kier alpha value is -2.18. The standard InChI is InChI=1S/C19H19FN2O2S/c1-13-2-5-15(6-3-13)25(23,24)22-12-19(8-9-19)17-11-21-18-7-4-14(20)10-16(17)18/h2-7,10-11,21-22H,8-9,12H2,1H3. The molecular formula is C19H19FN2O2S. The lowest BCUT2D eigenvalue weighted by Crippen LogP contribution is -2.32. The van der Waals surface area contributed by atoms with Gasteiger partial charge in [-0.1, -0.05) is 17.7 Å². The fourth-order valence-corrected chi connectivity index (χ4v) is 4.39. The molecule has 0 saturated heterocycles. The highest BCUT2D eigenvalue weighted by Crippen LogP contribution is 2.50. The van der Waals surface area contributed by atoms with Crippen molar-refractivity contribution in [2.24, 2.45) is 0 Å². The molecule has 2 aromatic carbocycles. The van der Waals surface area contributed by atoms with Gasteiger partial charge in [-0.15, -0.1) is 0 Å². The lowest BCUT2D eigenvalue weighted by atomic mass is 9.96. The van der Waals surface area contributed by atoms with E-state index in [-0.39, 0.29) is 16.1 Å². The number of fused-ring (bicyclic) bond motifs is 1. The number of aromatic nitrogens is 1. The van der Waals surface area contributed by atoms with Gasteiger partial charge in [0.1, 0.15) is 5.82 Å². The van der Waals surface area contributed by atoms with Crippen molar-refractivity contribution in [2.75, 3.05) is 6.54 Å². The van der Waals surface area contributed by atoms with Crippen molar-refractivity contribution in [3.05, 3.63) is 65.6 Å². The number of nitrogens with one attached hydrogen (secondary N) is 2. The molecule has 2 N–H and O–H groups in total. The van der Waals surface area contributed by atoms with E-state index in [4.69, 9.17) is 0 Å². The van der Waals surface area contributed by atoms with E-state index >= 15 is 0 Å². The van der Waals surface area contributed by atoms with Crippen LogP contribution >= 0.6 is 0 Å². The molecule has 1 saturated carbocycles. The first-order valence-corrected chi connectivity index (χ1v) is 9.71. The molecule has 0 amide bonds. The highest BCUT2D eigenvalue weighted by atomic mass is 32.2. The molecule has 0 spiro atoms. The van der Waals surface area contributed by atoms with Gasteiger partial charge in [-0.3, -0.25) is 0 Å². The Balaban J connectivity index is 1.59. The highest BCUT2D eigenvalue weighted by molar-refractivity contribution is 7.89. The quantitative estimate of drug-likeness (QED) is 0.732.